The summed E-state index contributed by atoms with van der Waals surface area (Å²) >= 11 is 5.81. The Balaban J connectivity index is 1.48. The highest BCUT2D eigenvalue weighted by Crippen LogP contribution is 2.29. The van der Waals surface area contributed by atoms with E-state index in [1.807, 2.05) is 24.3 Å². The zero-order chi connectivity index (χ0) is 19.1. The van der Waals surface area contributed by atoms with Crippen LogP contribution in [-0.2, 0) is 4.79 Å². The van der Waals surface area contributed by atoms with Crippen LogP contribution in [0.2, 0.25) is 5.02 Å². The molecule has 5 nitrogen and oxygen atoms in total. The first-order valence-corrected chi connectivity index (χ1v) is 9.59. The van der Waals surface area contributed by atoms with Gasteiger partial charge in [-0.3, -0.25) is 9.59 Å². The van der Waals surface area contributed by atoms with Gasteiger partial charge < -0.3 is 15.4 Å². The molecule has 2 aromatic rings. The van der Waals surface area contributed by atoms with Gasteiger partial charge in [0.05, 0.1) is 11.8 Å². The van der Waals surface area contributed by atoms with Gasteiger partial charge in [-0.1, -0.05) is 23.7 Å². The molecular weight excluding hydrogens is 364 g/mol. The minimum atomic E-state index is -0.232. The highest BCUT2D eigenvalue weighted by Gasteiger charge is 2.18. The van der Waals surface area contributed by atoms with Gasteiger partial charge in [0.1, 0.15) is 5.75 Å². The summed E-state index contributed by atoms with van der Waals surface area (Å²) < 4.78 is 6.02. The van der Waals surface area contributed by atoms with Crippen molar-refractivity contribution < 1.29 is 14.3 Å². The van der Waals surface area contributed by atoms with E-state index < -0.39 is 0 Å². The molecule has 0 unspecified atom stereocenters. The SMILES string of the molecule is O=C(CCNC(=O)c1ccc(Cl)cc1)Nc1ccccc1OC1CCCC1. The van der Waals surface area contributed by atoms with E-state index in [2.05, 4.69) is 10.6 Å². The zero-order valence-corrected chi connectivity index (χ0v) is 15.8. The van der Waals surface area contributed by atoms with E-state index in [0.717, 1.165) is 12.8 Å². The molecule has 27 heavy (non-hydrogen) atoms. The molecule has 0 bridgehead atoms. The van der Waals surface area contributed by atoms with Crippen LogP contribution >= 0.6 is 11.6 Å². The first-order valence-electron chi connectivity index (χ1n) is 9.21. The van der Waals surface area contributed by atoms with Crippen molar-refractivity contribution in [3.05, 3.63) is 59.1 Å². The average molecular weight is 387 g/mol. The molecule has 2 N–H and O–H groups in total. The molecule has 1 aliphatic carbocycles. The number of hydrogen-bond acceptors (Lipinski definition) is 3. The van der Waals surface area contributed by atoms with Gasteiger partial charge in [-0.15, -0.1) is 0 Å². The fourth-order valence-electron chi connectivity index (χ4n) is 3.06. The maximum atomic E-state index is 12.2. The maximum absolute atomic E-state index is 12.2. The third-order valence-electron chi connectivity index (χ3n) is 4.50. The van der Waals surface area contributed by atoms with Gasteiger partial charge in [-0.25, -0.2) is 0 Å². The number of nitrogens with one attached hydrogen (secondary N) is 2. The monoisotopic (exact) mass is 386 g/mol. The number of halogens is 1. The van der Waals surface area contributed by atoms with Crippen molar-refractivity contribution in [2.24, 2.45) is 0 Å². The van der Waals surface area contributed by atoms with Gasteiger partial charge in [-0.2, -0.15) is 0 Å². The van der Waals surface area contributed by atoms with E-state index in [1.165, 1.54) is 12.8 Å². The van der Waals surface area contributed by atoms with Gasteiger partial charge in [0.25, 0.3) is 5.91 Å². The normalized spacial score (nSPS) is 14.0. The molecule has 1 aliphatic rings. The molecule has 0 heterocycles. The summed E-state index contributed by atoms with van der Waals surface area (Å²) in [6.45, 7) is 0.249. The third kappa shape index (κ3) is 5.73. The van der Waals surface area contributed by atoms with Crippen LogP contribution in [0.4, 0.5) is 5.69 Å². The molecule has 2 amide bonds. The molecule has 0 aliphatic heterocycles. The number of carbonyl (C=O) groups is 2. The van der Waals surface area contributed by atoms with Crippen molar-refractivity contribution in [3.63, 3.8) is 0 Å². The lowest BCUT2D eigenvalue weighted by molar-refractivity contribution is -0.116. The second-order valence-corrected chi connectivity index (χ2v) is 7.02. The molecular formula is C21H23ClN2O3. The van der Waals surface area contributed by atoms with E-state index >= 15 is 0 Å². The number of para-hydroxylation sites is 2. The number of hydrogen-bond donors (Lipinski definition) is 2. The van der Waals surface area contributed by atoms with Crippen molar-refractivity contribution in [2.75, 3.05) is 11.9 Å². The Hall–Kier alpha value is -2.53. The third-order valence-corrected chi connectivity index (χ3v) is 4.75. The maximum Gasteiger partial charge on any atom is 0.251 e. The topological polar surface area (TPSA) is 67.4 Å². The number of amides is 2. The van der Waals surface area contributed by atoms with Crippen LogP contribution < -0.4 is 15.4 Å². The Labute approximate surface area is 164 Å². The lowest BCUT2D eigenvalue weighted by Gasteiger charge is -2.17. The minimum Gasteiger partial charge on any atom is -0.488 e. The summed E-state index contributed by atoms with van der Waals surface area (Å²) in [6.07, 6.45) is 4.88. The average Bonchev–Trinajstić information content (AvgIpc) is 3.17. The Kier molecular flexibility index (Phi) is 6.71. The van der Waals surface area contributed by atoms with E-state index in [9.17, 15) is 9.59 Å². The van der Waals surface area contributed by atoms with Crippen molar-refractivity contribution in [2.45, 2.75) is 38.2 Å². The van der Waals surface area contributed by atoms with Gasteiger partial charge in [0.2, 0.25) is 5.91 Å². The molecule has 0 atom stereocenters. The molecule has 0 aromatic heterocycles. The summed E-state index contributed by atoms with van der Waals surface area (Å²) in [5, 5.41) is 6.18. The van der Waals surface area contributed by atoms with Crippen molar-refractivity contribution in [3.8, 4) is 5.75 Å². The molecule has 3 rings (SSSR count). The largest absolute Gasteiger partial charge is 0.488 e. The van der Waals surface area contributed by atoms with Crippen LogP contribution in [0.15, 0.2) is 48.5 Å². The van der Waals surface area contributed by atoms with E-state index in [-0.39, 0.29) is 30.9 Å². The van der Waals surface area contributed by atoms with Crippen molar-refractivity contribution in [1.29, 1.82) is 0 Å². The zero-order valence-electron chi connectivity index (χ0n) is 15.0. The van der Waals surface area contributed by atoms with Crippen LogP contribution in [0.25, 0.3) is 0 Å². The summed E-state index contributed by atoms with van der Waals surface area (Å²) in [4.78, 5) is 24.3. The van der Waals surface area contributed by atoms with Crippen LogP contribution in [0.1, 0.15) is 42.5 Å². The fraction of sp³-hybridized carbons (Fsp3) is 0.333. The van der Waals surface area contributed by atoms with Gasteiger partial charge >= 0.3 is 0 Å². The molecule has 1 saturated carbocycles. The minimum absolute atomic E-state index is 0.172. The molecule has 0 spiro atoms. The number of ether oxygens (including phenoxy) is 1. The Morgan fingerprint density at radius 1 is 1.04 bits per heavy atom. The molecule has 0 radical (unpaired) electrons. The molecule has 0 saturated heterocycles. The van der Waals surface area contributed by atoms with Gasteiger partial charge in [0, 0.05) is 23.6 Å². The first-order chi connectivity index (χ1) is 13.1. The van der Waals surface area contributed by atoms with Crippen LogP contribution in [0, 0.1) is 0 Å². The fourth-order valence-corrected chi connectivity index (χ4v) is 3.19. The summed E-state index contributed by atoms with van der Waals surface area (Å²) in [6, 6.07) is 14.1. The van der Waals surface area contributed by atoms with Crippen LogP contribution in [0.5, 0.6) is 5.75 Å². The smallest absolute Gasteiger partial charge is 0.251 e. The van der Waals surface area contributed by atoms with E-state index in [0.29, 0.717) is 22.0 Å². The Morgan fingerprint density at radius 3 is 2.48 bits per heavy atom. The van der Waals surface area contributed by atoms with E-state index in [4.69, 9.17) is 16.3 Å². The second kappa shape index (κ2) is 9.42. The Bertz CT molecular complexity index is 786. The number of benzene rings is 2. The van der Waals surface area contributed by atoms with E-state index in [1.54, 1.807) is 24.3 Å². The molecule has 2 aromatic carbocycles. The quantitative estimate of drug-likeness (QED) is 0.740. The van der Waals surface area contributed by atoms with Crippen LogP contribution in [-0.4, -0.2) is 24.5 Å². The highest BCUT2D eigenvalue weighted by atomic mass is 35.5. The molecule has 6 heteroatoms. The lowest BCUT2D eigenvalue weighted by Crippen LogP contribution is -2.27. The predicted molar refractivity (Wildman–Crippen MR) is 106 cm³/mol. The van der Waals surface area contributed by atoms with Gasteiger partial charge in [0.15, 0.2) is 0 Å². The second-order valence-electron chi connectivity index (χ2n) is 6.58. The molecule has 142 valence electrons. The van der Waals surface area contributed by atoms with Crippen LogP contribution in [0.3, 0.4) is 0 Å². The lowest BCUT2D eigenvalue weighted by atomic mass is 10.2. The Morgan fingerprint density at radius 2 is 1.74 bits per heavy atom. The predicted octanol–water partition coefficient (Wildman–Crippen LogP) is 4.42. The number of rotatable bonds is 7. The summed E-state index contributed by atoms with van der Waals surface area (Å²) in [5.74, 6) is 0.293. The standard InChI is InChI=1S/C21H23ClN2O3/c22-16-11-9-15(10-12-16)21(26)23-14-13-20(25)24-18-7-3-4-8-19(18)27-17-5-1-2-6-17/h3-4,7-12,17H,1-2,5-6,13-14H2,(H,23,26)(H,24,25). The molecule has 1 fully saturated rings. The summed E-state index contributed by atoms with van der Waals surface area (Å²) in [5.41, 5.74) is 1.17. The first kappa shape index (κ1) is 19.2. The number of carbonyl (C=O) groups excluding carboxylic acids is 2. The van der Waals surface area contributed by atoms with Crippen molar-refractivity contribution >= 4 is 29.1 Å². The van der Waals surface area contributed by atoms with Crippen molar-refractivity contribution in [1.82, 2.24) is 5.32 Å². The highest BCUT2D eigenvalue weighted by molar-refractivity contribution is 6.30. The number of anilines is 1. The summed E-state index contributed by atoms with van der Waals surface area (Å²) in [7, 11) is 0. The van der Waals surface area contributed by atoms with Gasteiger partial charge in [-0.05, 0) is 62.1 Å².